The highest BCUT2D eigenvalue weighted by atomic mass is 35.5. The highest BCUT2D eigenvalue weighted by Gasteiger charge is 2.26. The van der Waals surface area contributed by atoms with Gasteiger partial charge in [0.15, 0.2) is 0 Å². The normalized spacial score (nSPS) is 16.9. The number of hydrogen-bond acceptors (Lipinski definition) is 3. The fourth-order valence-corrected chi connectivity index (χ4v) is 3.81. The van der Waals surface area contributed by atoms with E-state index in [0.29, 0.717) is 5.92 Å². The van der Waals surface area contributed by atoms with E-state index in [-0.39, 0.29) is 24.4 Å². The number of nitrogens with two attached hydrogens (primary N) is 1. The van der Waals surface area contributed by atoms with Crippen LogP contribution >= 0.6 is 23.7 Å². The van der Waals surface area contributed by atoms with E-state index < -0.39 is 0 Å². The molecule has 3 heterocycles. The molecule has 1 saturated heterocycles. The van der Waals surface area contributed by atoms with Crippen molar-refractivity contribution in [2.45, 2.75) is 32.4 Å². The SMILES string of the molecule is CC(N)C1CCN(C(=O)c2cccn2Cc2cccs2)CC1.Cl. The zero-order chi connectivity index (χ0) is 15.5. The molecule has 4 nitrogen and oxygen atoms in total. The summed E-state index contributed by atoms with van der Waals surface area (Å²) >= 11 is 1.72. The monoisotopic (exact) mass is 353 g/mol. The number of amides is 1. The lowest BCUT2D eigenvalue weighted by molar-refractivity contribution is 0.0670. The molecule has 0 aromatic carbocycles. The van der Waals surface area contributed by atoms with Gasteiger partial charge in [0.2, 0.25) is 0 Å². The number of aromatic nitrogens is 1. The van der Waals surface area contributed by atoms with Crippen molar-refractivity contribution in [3.63, 3.8) is 0 Å². The molecule has 0 spiro atoms. The lowest BCUT2D eigenvalue weighted by Crippen LogP contribution is -2.43. The minimum atomic E-state index is 0. The van der Waals surface area contributed by atoms with E-state index in [1.54, 1.807) is 11.3 Å². The Morgan fingerprint density at radius 3 is 2.70 bits per heavy atom. The van der Waals surface area contributed by atoms with Crippen LogP contribution in [-0.4, -0.2) is 34.5 Å². The van der Waals surface area contributed by atoms with E-state index in [1.807, 2.05) is 33.9 Å². The van der Waals surface area contributed by atoms with Crippen LogP contribution in [0.15, 0.2) is 35.8 Å². The summed E-state index contributed by atoms with van der Waals surface area (Å²) < 4.78 is 2.05. The van der Waals surface area contributed by atoms with Crippen LogP contribution in [0.5, 0.6) is 0 Å². The molecule has 6 heteroatoms. The first-order valence-corrected chi connectivity index (χ1v) is 8.75. The van der Waals surface area contributed by atoms with Gasteiger partial charge in [0, 0.05) is 30.2 Å². The Hall–Kier alpha value is -1.30. The van der Waals surface area contributed by atoms with Gasteiger partial charge in [0.25, 0.3) is 5.91 Å². The average molecular weight is 354 g/mol. The largest absolute Gasteiger partial charge is 0.338 e. The van der Waals surface area contributed by atoms with Gasteiger partial charge in [-0.2, -0.15) is 0 Å². The van der Waals surface area contributed by atoms with E-state index in [4.69, 9.17) is 5.73 Å². The van der Waals surface area contributed by atoms with Crippen molar-refractivity contribution in [3.8, 4) is 0 Å². The summed E-state index contributed by atoms with van der Waals surface area (Å²) in [7, 11) is 0. The van der Waals surface area contributed by atoms with Gasteiger partial charge in [0.1, 0.15) is 5.69 Å². The number of likely N-dealkylation sites (tertiary alicyclic amines) is 1. The molecule has 3 rings (SSSR count). The van der Waals surface area contributed by atoms with Gasteiger partial charge in [-0.3, -0.25) is 4.79 Å². The fourth-order valence-electron chi connectivity index (χ4n) is 3.11. The Morgan fingerprint density at radius 2 is 2.09 bits per heavy atom. The third-order valence-corrected chi connectivity index (χ3v) is 5.39. The molecule has 23 heavy (non-hydrogen) atoms. The van der Waals surface area contributed by atoms with E-state index >= 15 is 0 Å². The van der Waals surface area contributed by atoms with Crippen LogP contribution < -0.4 is 5.73 Å². The number of rotatable bonds is 4. The molecule has 1 unspecified atom stereocenters. The van der Waals surface area contributed by atoms with Gasteiger partial charge in [-0.15, -0.1) is 23.7 Å². The van der Waals surface area contributed by atoms with Crippen LogP contribution in [0.1, 0.15) is 35.1 Å². The highest BCUT2D eigenvalue weighted by molar-refractivity contribution is 7.09. The van der Waals surface area contributed by atoms with E-state index in [9.17, 15) is 4.79 Å². The number of carbonyl (C=O) groups excluding carboxylic acids is 1. The van der Waals surface area contributed by atoms with Gasteiger partial charge in [-0.1, -0.05) is 6.07 Å². The summed E-state index contributed by atoms with van der Waals surface area (Å²) in [6.07, 6.45) is 4.01. The molecule has 1 atom stereocenters. The van der Waals surface area contributed by atoms with E-state index in [2.05, 4.69) is 18.4 Å². The molecule has 2 N–H and O–H groups in total. The predicted octanol–water partition coefficient (Wildman–Crippen LogP) is 3.22. The van der Waals surface area contributed by atoms with Gasteiger partial charge in [0.05, 0.1) is 6.54 Å². The molecular formula is C17H24ClN3OS. The molecule has 0 radical (unpaired) electrons. The highest BCUT2D eigenvalue weighted by Crippen LogP contribution is 2.22. The van der Waals surface area contributed by atoms with E-state index in [1.165, 1.54) is 4.88 Å². The minimum absolute atomic E-state index is 0. The molecule has 2 aromatic heterocycles. The molecule has 0 aliphatic carbocycles. The van der Waals surface area contributed by atoms with E-state index in [0.717, 1.165) is 38.2 Å². The van der Waals surface area contributed by atoms with Gasteiger partial charge < -0.3 is 15.2 Å². The summed E-state index contributed by atoms with van der Waals surface area (Å²) in [6.45, 7) is 4.46. The van der Waals surface area contributed by atoms with Crippen LogP contribution in [0, 0.1) is 5.92 Å². The van der Waals surface area contributed by atoms with Crippen molar-refractivity contribution in [1.82, 2.24) is 9.47 Å². The maximum absolute atomic E-state index is 12.8. The van der Waals surface area contributed by atoms with Gasteiger partial charge in [-0.25, -0.2) is 0 Å². The second-order valence-corrected chi connectivity index (χ2v) is 7.12. The van der Waals surface area contributed by atoms with Crippen molar-refractivity contribution in [2.24, 2.45) is 11.7 Å². The Kier molecular flexibility index (Phi) is 6.27. The lowest BCUT2D eigenvalue weighted by atomic mass is 9.91. The van der Waals surface area contributed by atoms with Crippen molar-refractivity contribution >= 4 is 29.7 Å². The zero-order valence-electron chi connectivity index (χ0n) is 13.4. The lowest BCUT2D eigenvalue weighted by Gasteiger charge is -2.33. The van der Waals surface area contributed by atoms with Crippen molar-refractivity contribution in [2.75, 3.05) is 13.1 Å². The number of thiophene rings is 1. The second kappa shape index (κ2) is 7.99. The third kappa shape index (κ3) is 4.16. The summed E-state index contributed by atoms with van der Waals surface area (Å²) in [5, 5.41) is 2.07. The molecular weight excluding hydrogens is 330 g/mol. The molecule has 1 fully saturated rings. The third-order valence-electron chi connectivity index (χ3n) is 4.53. The molecule has 1 aliphatic rings. The quantitative estimate of drug-likeness (QED) is 0.917. The summed E-state index contributed by atoms with van der Waals surface area (Å²) in [5.74, 6) is 0.687. The van der Waals surface area contributed by atoms with Gasteiger partial charge >= 0.3 is 0 Å². The molecule has 0 bridgehead atoms. The fraction of sp³-hybridized carbons (Fsp3) is 0.471. The molecule has 126 valence electrons. The first-order valence-electron chi connectivity index (χ1n) is 7.87. The topological polar surface area (TPSA) is 51.3 Å². The van der Waals surface area contributed by atoms with Gasteiger partial charge in [-0.05, 0) is 49.3 Å². The van der Waals surface area contributed by atoms with Crippen LogP contribution in [0.25, 0.3) is 0 Å². The standard InChI is InChI=1S/C17H23N3OS.ClH/c1-13(18)14-6-9-19(10-7-14)17(21)16-5-2-8-20(16)12-15-4-3-11-22-15;/h2-5,8,11,13-14H,6-7,9-10,12,18H2,1H3;1H. The number of nitrogens with zero attached hydrogens (tertiary/aromatic N) is 2. The second-order valence-electron chi connectivity index (χ2n) is 6.09. The van der Waals surface area contributed by atoms with Crippen molar-refractivity contribution in [1.29, 1.82) is 0 Å². The smallest absolute Gasteiger partial charge is 0.270 e. The maximum atomic E-state index is 12.8. The average Bonchev–Trinajstić information content (AvgIpc) is 3.19. The Balaban J connectivity index is 0.00000192. The van der Waals surface area contributed by atoms with Crippen LogP contribution in [0.3, 0.4) is 0 Å². The summed E-state index contributed by atoms with van der Waals surface area (Å²) in [6, 6.07) is 8.25. The van der Waals surface area contributed by atoms with Crippen molar-refractivity contribution in [3.05, 3.63) is 46.4 Å². The molecule has 2 aromatic rings. The Bertz CT molecular complexity index is 616. The first-order chi connectivity index (χ1) is 10.6. The first kappa shape index (κ1) is 18.0. The van der Waals surface area contributed by atoms with Crippen molar-refractivity contribution < 1.29 is 4.79 Å². The minimum Gasteiger partial charge on any atom is -0.338 e. The number of halogens is 1. The zero-order valence-corrected chi connectivity index (χ0v) is 15.0. The predicted molar refractivity (Wildman–Crippen MR) is 97.4 cm³/mol. The summed E-state index contributed by atoms with van der Waals surface area (Å²) in [4.78, 5) is 16.0. The Morgan fingerprint density at radius 1 is 1.35 bits per heavy atom. The summed E-state index contributed by atoms with van der Waals surface area (Å²) in [5.41, 5.74) is 6.76. The van der Waals surface area contributed by atoms with Crippen LogP contribution in [0.2, 0.25) is 0 Å². The van der Waals surface area contributed by atoms with Crippen LogP contribution in [0.4, 0.5) is 0 Å². The maximum Gasteiger partial charge on any atom is 0.270 e. The molecule has 1 amide bonds. The Labute approximate surface area is 147 Å². The number of piperidine rings is 1. The molecule has 1 aliphatic heterocycles. The molecule has 0 saturated carbocycles. The van der Waals surface area contributed by atoms with Crippen LogP contribution in [-0.2, 0) is 6.54 Å². The number of hydrogen-bond donors (Lipinski definition) is 1. The number of carbonyl (C=O) groups is 1.